The summed E-state index contributed by atoms with van der Waals surface area (Å²) < 4.78 is 5.35. The lowest BCUT2D eigenvalue weighted by atomic mass is 10.0. The summed E-state index contributed by atoms with van der Waals surface area (Å²) in [5.74, 6) is 2.74. The van der Waals surface area contributed by atoms with E-state index in [0.29, 0.717) is 17.9 Å². The number of hydrogen-bond donors (Lipinski definition) is 1. The van der Waals surface area contributed by atoms with Gasteiger partial charge in [0.15, 0.2) is 5.82 Å². The predicted molar refractivity (Wildman–Crippen MR) is 86.4 cm³/mol. The van der Waals surface area contributed by atoms with E-state index < -0.39 is 0 Å². The van der Waals surface area contributed by atoms with Gasteiger partial charge in [0.2, 0.25) is 5.89 Å². The molecule has 1 aromatic carbocycles. The quantitative estimate of drug-likeness (QED) is 0.794. The molecule has 5 heteroatoms. The number of thioether (sulfide) groups is 1. The molecule has 0 saturated heterocycles. The van der Waals surface area contributed by atoms with Gasteiger partial charge in [-0.2, -0.15) is 4.98 Å². The highest BCUT2D eigenvalue weighted by atomic mass is 32.2. The van der Waals surface area contributed by atoms with E-state index in [9.17, 15) is 0 Å². The maximum atomic E-state index is 5.35. The first-order valence-corrected chi connectivity index (χ1v) is 8.26. The van der Waals surface area contributed by atoms with Crippen molar-refractivity contribution in [2.45, 2.75) is 43.9 Å². The SMILES string of the molecule is CNC(Cc1nc(CSc2ccccc2C)no1)C(C)C. The maximum Gasteiger partial charge on any atom is 0.228 e. The summed E-state index contributed by atoms with van der Waals surface area (Å²) in [7, 11) is 1.97. The normalized spacial score (nSPS) is 12.8. The van der Waals surface area contributed by atoms with Crippen LogP contribution in [0.5, 0.6) is 0 Å². The Morgan fingerprint density at radius 2 is 2.05 bits per heavy atom. The van der Waals surface area contributed by atoms with Gasteiger partial charge in [-0.05, 0) is 31.5 Å². The lowest BCUT2D eigenvalue weighted by molar-refractivity contribution is 0.333. The van der Waals surface area contributed by atoms with Crippen LogP contribution in [0.2, 0.25) is 0 Å². The van der Waals surface area contributed by atoms with Crippen molar-refractivity contribution in [3.05, 3.63) is 41.5 Å². The van der Waals surface area contributed by atoms with Crippen molar-refractivity contribution >= 4 is 11.8 Å². The largest absolute Gasteiger partial charge is 0.339 e. The van der Waals surface area contributed by atoms with Crippen LogP contribution in [0.15, 0.2) is 33.7 Å². The third-order valence-corrected chi connectivity index (χ3v) is 4.70. The fourth-order valence-corrected chi connectivity index (χ4v) is 3.02. The van der Waals surface area contributed by atoms with Crippen LogP contribution < -0.4 is 5.32 Å². The van der Waals surface area contributed by atoms with E-state index in [4.69, 9.17) is 4.52 Å². The van der Waals surface area contributed by atoms with E-state index in [-0.39, 0.29) is 0 Å². The monoisotopic (exact) mass is 305 g/mol. The molecule has 0 spiro atoms. The molecule has 1 N–H and O–H groups in total. The van der Waals surface area contributed by atoms with Gasteiger partial charge in [-0.3, -0.25) is 0 Å². The molecule has 2 aromatic rings. The first-order chi connectivity index (χ1) is 10.1. The molecule has 0 bridgehead atoms. The Hall–Kier alpha value is -1.33. The van der Waals surface area contributed by atoms with Crippen LogP contribution in [0.25, 0.3) is 0 Å². The van der Waals surface area contributed by atoms with Gasteiger partial charge in [0.05, 0.1) is 5.75 Å². The van der Waals surface area contributed by atoms with E-state index >= 15 is 0 Å². The number of benzene rings is 1. The van der Waals surface area contributed by atoms with Crippen molar-refractivity contribution in [2.24, 2.45) is 5.92 Å². The van der Waals surface area contributed by atoms with Crippen LogP contribution in [-0.4, -0.2) is 23.2 Å². The molecule has 0 fully saturated rings. The molecule has 0 aliphatic carbocycles. The zero-order valence-corrected chi connectivity index (χ0v) is 13.9. The summed E-state index contributed by atoms with van der Waals surface area (Å²) in [5.41, 5.74) is 1.28. The number of nitrogens with one attached hydrogen (secondary N) is 1. The molecule has 1 heterocycles. The summed E-state index contributed by atoms with van der Waals surface area (Å²) in [4.78, 5) is 5.75. The third kappa shape index (κ3) is 4.58. The topological polar surface area (TPSA) is 51.0 Å². The summed E-state index contributed by atoms with van der Waals surface area (Å²) in [6.07, 6.45) is 0.774. The lowest BCUT2D eigenvalue weighted by Crippen LogP contribution is -2.32. The van der Waals surface area contributed by atoms with Crippen LogP contribution in [0, 0.1) is 12.8 Å². The molecule has 4 nitrogen and oxygen atoms in total. The standard InChI is InChI=1S/C16H23N3OS/c1-11(2)13(17-4)9-16-18-15(19-20-16)10-21-14-8-6-5-7-12(14)3/h5-8,11,13,17H,9-10H2,1-4H3. The zero-order chi connectivity index (χ0) is 15.2. The maximum absolute atomic E-state index is 5.35. The molecule has 0 aliphatic heterocycles. The molecule has 1 aromatic heterocycles. The second-order valence-electron chi connectivity index (χ2n) is 5.50. The van der Waals surface area contributed by atoms with Gasteiger partial charge < -0.3 is 9.84 Å². The van der Waals surface area contributed by atoms with Crippen molar-refractivity contribution in [1.82, 2.24) is 15.5 Å². The molecule has 1 atom stereocenters. The van der Waals surface area contributed by atoms with Crippen molar-refractivity contribution in [1.29, 1.82) is 0 Å². The Balaban J connectivity index is 1.93. The molecule has 0 radical (unpaired) electrons. The van der Waals surface area contributed by atoms with Crippen LogP contribution in [0.1, 0.15) is 31.1 Å². The minimum absolute atomic E-state index is 0.363. The van der Waals surface area contributed by atoms with Gasteiger partial charge in [-0.15, -0.1) is 11.8 Å². The molecular formula is C16H23N3OS. The van der Waals surface area contributed by atoms with Gasteiger partial charge in [-0.25, -0.2) is 0 Å². The third-order valence-electron chi connectivity index (χ3n) is 3.53. The smallest absolute Gasteiger partial charge is 0.228 e. The molecule has 1 unspecified atom stereocenters. The van der Waals surface area contributed by atoms with E-state index in [1.807, 2.05) is 7.05 Å². The Labute approximate surface area is 130 Å². The Kier molecular flexibility index (Phi) is 5.82. The van der Waals surface area contributed by atoms with Crippen molar-refractivity contribution in [3.63, 3.8) is 0 Å². The van der Waals surface area contributed by atoms with Crippen molar-refractivity contribution in [2.75, 3.05) is 7.05 Å². The summed E-state index contributed by atoms with van der Waals surface area (Å²) >= 11 is 1.74. The Morgan fingerprint density at radius 1 is 1.29 bits per heavy atom. The molecule has 0 amide bonds. The van der Waals surface area contributed by atoms with Crippen LogP contribution >= 0.6 is 11.8 Å². The summed E-state index contributed by atoms with van der Waals surface area (Å²) in [6, 6.07) is 8.70. The molecule has 2 rings (SSSR count). The van der Waals surface area contributed by atoms with E-state index in [1.165, 1.54) is 10.5 Å². The van der Waals surface area contributed by atoms with Crippen LogP contribution in [0.3, 0.4) is 0 Å². The zero-order valence-electron chi connectivity index (χ0n) is 13.1. The summed E-state index contributed by atoms with van der Waals surface area (Å²) in [5, 5.41) is 7.36. The number of likely N-dealkylation sites (N-methyl/N-ethyl adjacent to an activating group) is 1. The van der Waals surface area contributed by atoms with Gasteiger partial charge in [-0.1, -0.05) is 37.2 Å². The van der Waals surface area contributed by atoms with Gasteiger partial charge in [0.25, 0.3) is 0 Å². The molecule has 21 heavy (non-hydrogen) atoms. The van der Waals surface area contributed by atoms with E-state index in [1.54, 1.807) is 11.8 Å². The fourth-order valence-electron chi connectivity index (χ4n) is 2.15. The Bertz CT molecular complexity index is 568. The number of aryl methyl sites for hydroxylation is 1. The van der Waals surface area contributed by atoms with Crippen molar-refractivity contribution in [3.8, 4) is 0 Å². The van der Waals surface area contributed by atoms with Crippen molar-refractivity contribution < 1.29 is 4.52 Å². The lowest BCUT2D eigenvalue weighted by Gasteiger charge is -2.17. The first-order valence-electron chi connectivity index (χ1n) is 7.27. The van der Waals surface area contributed by atoms with Gasteiger partial charge >= 0.3 is 0 Å². The number of rotatable bonds is 7. The van der Waals surface area contributed by atoms with Crippen LogP contribution in [-0.2, 0) is 12.2 Å². The second-order valence-corrected chi connectivity index (χ2v) is 6.52. The van der Waals surface area contributed by atoms with Gasteiger partial charge in [0, 0.05) is 17.4 Å². The highest BCUT2D eigenvalue weighted by molar-refractivity contribution is 7.98. The Morgan fingerprint density at radius 3 is 2.71 bits per heavy atom. The number of hydrogen-bond acceptors (Lipinski definition) is 5. The molecule has 114 valence electrons. The predicted octanol–water partition coefficient (Wildman–Crippen LogP) is 3.46. The molecule has 0 saturated carbocycles. The van der Waals surface area contributed by atoms with Crippen LogP contribution in [0.4, 0.5) is 0 Å². The summed E-state index contributed by atoms with van der Waals surface area (Å²) in [6.45, 7) is 6.49. The number of nitrogens with zero attached hydrogens (tertiary/aromatic N) is 2. The highest BCUT2D eigenvalue weighted by Crippen LogP contribution is 2.24. The molecule has 0 aliphatic rings. The van der Waals surface area contributed by atoms with Gasteiger partial charge in [0.1, 0.15) is 0 Å². The van der Waals surface area contributed by atoms with E-state index in [0.717, 1.165) is 18.0 Å². The van der Waals surface area contributed by atoms with E-state index in [2.05, 4.69) is 60.5 Å². The average molecular weight is 305 g/mol. The highest BCUT2D eigenvalue weighted by Gasteiger charge is 2.16. The minimum atomic E-state index is 0.363. The average Bonchev–Trinajstić information content (AvgIpc) is 2.91. The first kappa shape index (κ1) is 16.0. The second kappa shape index (κ2) is 7.61. The number of aromatic nitrogens is 2. The fraction of sp³-hybridized carbons (Fsp3) is 0.500. The molecular weight excluding hydrogens is 282 g/mol. The minimum Gasteiger partial charge on any atom is -0.339 e.